The zero-order valence-corrected chi connectivity index (χ0v) is 15.0. The molecule has 3 nitrogen and oxygen atoms in total. The summed E-state index contributed by atoms with van der Waals surface area (Å²) in [6.45, 7) is 9.36. The summed E-state index contributed by atoms with van der Waals surface area (Å²) in [6.07, 6.45) is 7.88. The van der Waals surface area contributed by atoms with Crippen LogP contribution in [-0.2, 0) is 13.0 Å². The number of terminal acetylenes is 1. The van der Waals surface area contributed by atoms with Gasteiger partial charge >= 0.3 is 0 Å². The quantitative estimate of drug-likeness (QED) is 0.530. The highest BCUT2D eigenvalue weighted by molar-refractivity contribution is 5.53. The van der Waals surface area contributed by atoms with Crippen LogP contribution < -0.4 is 14.8 Å². The number of hydrogen-bond donors (Lipinski definition) is 1. The van der Waals surface area contributed by atoms with E-state index in [0.717, 1.165) is 22.6 Å². The van der Waals surface area contributed by atoms with Gasteiger partial charge < -0.3 is 14.8 Å². The van der Waals surface area contributed by atoms with Crippen LogP contribution in [0.4, 0.5) is 5.69 Å². The molecule has 0 saturated heterocycles. The fourth-order valence-electron chi connectivity index (χ4n) is 2.64. The first-order valence-corrected chi connectivity index (χ1v) is 8.44. The first-order chi connectivity index (χ1) is 12.2. The molecular formula is C22H25NO2. The lowest BCUT2D eigenvalue weighted by Gasteiger charge is -2.17. The standard InChI is InChI=1S/C22H25NO2/c1-5-10-19-14-18(16-23-20-12-9-8-11-17(20)4)15-21(24-7-3)22(19)25-13-6-2/h2,5,8-9,11-12,14-15,23H,1,7,10,13,16H2,3-4H3. The number of hydrogen-bond acceptors (Lipinski definition) is 3. The van der Waals surface area contributed by atoms with Crippen molar-refractivity contribution in [2.24, 2.45) is 0 Å². The largest absolute Gasteiger partial charge is 0.490 e. The Morgan fingerprint density at radius 1 is 1.24 bits per heavy atom. The Morgan fingerprint density at radius 3 is 2.72 bits per heavy atom. The lowest BCUT2D eigenvalue weighted by molar-refractivity contribution is 0.297. The van der Waals surface area contributed by atoms with Crippen LogP contribution in [0.1, 0.15) is 23.6 Å². The number of para-hydroxylation sites is 1. The lowest BCUT2D eigenvalue weighted by atomic mass is 10.0. The molecule has 0 aliphatic carbocycles. The Hall–Kier alpha value is -2.86. The van der Waals surface area contributed by atoms with Crippen LogP contribution in [0.2, 0.25) is 0 Å². The minimum atomic E-state index is 0.213. The molecular weight excluding hydrogens is 310 g/mol. The van der Waals surface area contributed by atoms with Gasteiger partial charge in [-0.25, -0.2) is 0 Å². The average molecular weight is 335 g/mol. The molecule has 2 aromatic rings. The van der Waals surface area contributed by atoms with E-state index in [1.54, 1.807) is 0 Å². The van der Waals surface area contributed by atoms with Gasteiger partial charge in [0, 0.05) is 17.8 Å². The van der Waals surface area contributed by atoms with E-state index in [4.69, 9.17) is 15.9 Å². The first-order valence-electron chi connectivity index (χ1n) is 8.44. The van der Waals surface area contributed by atoms with Crippen LogP contribution in [0.5, 0.6) is 11.5 Å². The predicted molar refractivity (Wildman–Crippen MR) is 104 cm³/mol. The highest BCUT2D eigenvalue weighted by Gasteiger charge is 2.13. The van der Waals surface area contributed by atoms with E-state index < -0.39 is 0 Å². The SMILES string of the molecule is C#CCOc1c(CC=C)cc(CNc2ccccc2C)cc1OCC. The van der Waals surface area contributed by atoms with Gasteiger partial charge in [0.05, 0.1) is 6.61 Å². The third-order valence-corrected chi connectivity index (χ3v) is 3.78. The number of benzene rings is 2. The van der Waals surface area contributed by atoms with Gasteiger partial charge in [-0.15, -0.1) is 13.0 Å². The smallest absolute Gasteiger partial charge is 0.166 e. The van der Waals surface area contributed by atoms with Crippen molar-refractivity contribution >= 4 is 5.69 Å². The summed E-state index contributed by atoms with van der Waals surface area (Å²) in [5.41, 5.74) is 4.49. The summed E-state index contributed by atoms with van der Waals surface area (Å²) in [5, 5.41) is 3.48. The topological polar surface area (TPSA) is 30.5 Å². The first kappa shape index (κ1) is 18.5. The molecule has 0 saturated carbocycles. The van der Waals surface area contributed by atoms with Gasteiger partial charge in [0.15, 0.2) is 11.5 Å². The number of ether oxygens (including phenoxy) is 2. The molecule has 0 heterocycles. The summed E-state index contributed by atoms with van der Waals surface area (Å²) >= 11 is 0. The number of aryl methyl sites for hydroxylation is 1. The molecule has 0 fully saturated rings. The Bertz CT molecular complexity index is 759. The summed E-state index contributed by atoms with van der Waals surface area (Å²) in [5.74, 6) is 3.94. The second-order valence-corrected chi connectivity index (χ2v) is 5.67. The van der Waals surface area contributed by atoms with Gasteiger partial charge in [0.25, 0.3) is 0 Å². The van der Waals surface area contributed by atoms with E-state index in [1.165, 1.54) is 5.56 Å². The van der Waals surface area contributed by atoms with Gasteiger partial charge in [-0.05, 0) is 49.6 Å². The van der Waals surface area contributed by atoms with Gasteiger partial charge in [-0.1, -0.05) is 30.2 Å². The summed E-state index contributed by atoms with van der Waals surface area (Å²) in [4.78, 5) is 0. The molecule has 2 rings (SSSR count). The fraction of sp³-hybridized carbons (Fsp3) is 0.273. The average Bonchev–Trinajstić information content (AvgIpc) is 2.61. The Morgan fingerprint density at radius 2 is 2.04 bits per heavy atom. The van der Waals surface area contributed by atoms with Crippen molar-refractivity contribution in [3.63, 3.8) is 0 Å². The number of allylic oxidation sites excluding steroid dienone is 1. The van der Waals surface area contributed by atoms with Crippen LogP contribution in [0.15, 0.2) is 49.1 Å². The Labute approximate surface area is 150 Å². The predicted octanol–water partition coefficient (Wildman–Crippen LogP) is 4.75. The molecule has 0 unspecified atom stereocenters. The van der Waals surface area contributed by atoms with Crippen LogP contribution in [0, 0.1) is 19.3 Å². The zero-order chi connectivity index (χ0) is 18.1. The number of anilines is 1. The number of rotatable bonds is 9. The number of nitrogens with one attached hydrogen (secondary N) is 1. The van der Waals surface area contributed by atoms with Gasteiger partial charge in [0.2, 0.25) is 0 Å². The molecule has 0 spiro atoms. The highest BCUT2D eigenvalue weighted by atomic mass is 16.5. The lowest BCUT2D eigenvalue weighted by Crippen LogP contribution is -2.06. The van der Waals surface area contributed by atoms with E-state index >= 15 is 0 Å². The van der Waals surface area contributed by atoms with E-state index in [-0.39, 0.29) is 6.61 Å². The van der Waals surface area contributed by atoms with Crippen LogP contribution in [-0.4, -0.2) is 13.2 Å². The minimum Gasteiger partial charge on any atom is -0.490 e. The maximum atomic E-state index is 5.78. The maximum Gasteiger partial charge on any atom is 0.166 e. The van der Waals surface area contributed by atoms with Crippen LogP contribution in [0.3, 0.4) is 0 Å². The zero-order valence-electron chi connectivity index (χ0n) is 15.0. The summed E-state index contributed by atoms with van der Waals surface area (Å²) in [7, 11) is 0. The molecule has 0 amide bonds. The van der Waals surface area contributed by atoms with E-state index in [9.17, 15) is 0 Å². The molecule has 0 aliphatic rings. The molecule has 25 heavy (non-hydrogen) atoms. The summed E-state index contributed by atoms with van der Waals surface area (Å²) < 4.78 is 11.5. The third kappa shape index (κ3) is 5.06. The van der Waals surface area contributed by atoms with Gasteiger partial charge in [-0.2, -0.15) is 0 Å². The Balaban J connectivity index is 2.29. The molecule has 130 valence electrons. The van der Waals surface area contributed by atoms with Crippen molar-refractivity contribution < 1.29 is 9.47 Å². The van der Waals surface area contributed by atoms with Crippen molar-refractivity contribution in [2.75, 3.05) is 18.5 Å². The normalized spacial score (nSPS) is 9.96. The molecule has 2 aromatic carbocycles. The fourth-order valence-corrected chi connectivity index (χ4v) is 2.64. The third-order valence-electron chi connectivity index (χ3n) is 3.78. The molecule has 0 aliphatic heterocycles. The van der Waals surface area contributed by atoms with Crippen LogP contribution >= 0.6 is 0 Å². The molecule has 0 bridgehead atoms. The van der Waals surface area contributed by atoms with E-state index in [2.05, 4.69) is 42.9 Å². The van der Waals surface area contributed by atoms with Crippen molar-refractivity contribution in [1.29, 1.82) is 0 Å². The minimum absolute atomic E-state index is 0.213. The van der Waals surface area contributed by atoms with Crippen molar-refractivity contribution in [1.82, 2.24) is 0 Å². The molecule has 1 N–H and O–H groups in total. The molecule has 3 heteroatoms. The Kier molecular flexibility index (Phi) is 6.98. The second kappa shape index (κ2) is 9.44. The molecule has 0 atom stereocenters. The summed E-state index contributed by atoms with van der Waals surface area (Å²) in [6, 6.07) is 12.4. The highest BCUT2D eigenvalue weighted by Crippen LogP contribution is 2.34. The van der Waals surface area contributed by atoms with E-state index in [1.807, 2.05) is 31.2 Å². The maximum absolute atomic E-state index is 5.78. The van der Waals surface area contributed by atoms with Gasteiger partial charge in [0.1, 0.15) is 6.61 Å². The molecule has 0 radical (unpaired) electrons. The molecule has 0 aromatic heterocycles. The second-order valence-electron chi connectivity index (χ2n) is 5.67. The van der Waals surface area contributed by atoms with Crippen molar-refractivity contribution in [3.05, 3.63) is 65.7 Å². The van der Waals surface area contributed by atoms with Crippen molar-refractivity contribution in [2.45, 2.75) is 26.8 Å². The monoisotopic (exact) mass is 335 g/mol. The van der Waals surface area contributed by atoms with E-state index in [0.29, 0.717) is 25.3 Å². The van der Waals surface area contributed by atoms with Crippen molar-refractivity contribution in [3.8, 4) is 23.8 Å². The van der Waals surface area contributed by atoms with Gasteiger partial charge in [-0.3, -0.25) is 0 Å². The van der Waals surface area contributed by atoms with Crippen LogP contribution in [0.25, 0.3) is 0 Å².